The molecule has 3 aliphatic rings. The second-order valence-electron chi connectivity index (χ2n) is 4.38. The zero-order chi connectivity index (χ0) is 7.84. The molecule has 1 N–H and O–H groups in total. The molecule has 0 spiro atoms. The van der Waals surface area contributed by atoms with E-state index in [2.05, 4.69) is 6.92 Å². The lowest BCUT2D eigenvalue weighted by atomic mass is 9.59. The highest BCUT2D eigenvalue weighted by molar-refractivity contribution is 4.90. The Kier molecular flexibility index (Phi) is 1.92. The summed E-state index contributed by atoms with van der Waals surface area (Å²) in [6.45, 7) is 2.76. The molecule has 0 aliphatic heterocycles. The van der Waals surface area contributed by atoms with Gasteiger partial charge in [-0.2, -0.15) is 0 Å². The first-order chi connectivity index (χ1) is 5.33. The summed E-state index contributed by atoms with van der Waals surface area (Å²) in [6.07, 6.45) is 5.64. The van der Waals surface area contributed by atoms with E-state index < -0.39 is 0 Å². The first-order valence-corrected chi connectivity index (χ1v) is 4.93. The zero-order valence-corrected chi connectivity index (χ0v) is 7.29. The van der Waals surface area contributed by atoms with E-state index in [0.717, 1.165) is 17.8 Å². The van der Waals surface area contributed by atoms with Crippen LogP contribution in [-0.4, -0.2) is 11.7 Å². The van der Waals surface area contributed by atoms with Crippen LogP contribution in [0.4, 0.5) is 0 Å². The number of aliphatic hydroxyl groups excluding tert-OH is 1. The Morgan fingerprint density at radius 1 is 1.09 bits per heavy atom. The molecule has 0 aromatic heterocycles. The average Bonchev–Trinajstić information content (AvgIpc) is 2.06. The van der Waals surface area contributed by atoms with Gasteiger partial charge in [-0.15, -0.1) is 0 Å². The summed E-state index contributed by atoms with van der Waals surface area (Å²) >= 11 is 0. The van der Waals surface area contributed by atoms with Gasteiger partial charge in [0.1, 0.15) is 0 Å². The van der Waals surface area contributed by atoms with Crippen molar-refractivity contribution in [3.63, 3.8) is 0 Å². The number of rotatable bonds is 1. The van der Waals surface area contributed by atoms with Gasteiger partial charge >= 0.3 is 0 Å². The Balaban J connectivity index is 2.10. The third-order valence-electron chi connectivity index (χ3n) is 4.05. The van der Waals surface area contributed by atoms with Crippen molar-refractivity contribution in [2.24, 2.45) is 23.7 Å². The van der Waals surface area contributed by atoms with Gasteiger partial charge in [-0.1, -0.05) is 6.92 Å². The van der Waals surface area contributed by atoms with Crippen molar-refractivity contribution in [2.75, 3.05) is 6.61 Å². The molecule has 11 heavy (non-hydrogen) atoms. The Morgan fingerprint density at radius 2 is 1.64 bits per heavy atom. The van der Waals surface area contributed by atoms with E-state index in [1.165, 1.54) is 25.7 Å². The standard InChI is InChI=1S/C10H18O/c1-7-8-2-4-9(5-3-8)10(7)6-11/h7-11H,2-6H2,1H3/t7-,8?,9?,10+/m0/s1. The molecule has 0 amide bonds. The van der Waals surface area contributed by atoms with Crippen molar-refractivity contribution < 1.29 is 5.11 Å². The summed E-state index contributed by atoms with van der Waals surface area (Å²) in [7, 11) is 0. The highest BCUT2D eigenvalue weighted by Crippen LogP contribution is 2.48. The molecule has 0 saturated heterocycles. The highest BCUT2D eigenvalue weighted by atomic mass is 16.3. The molecule has 3 aliphatic carbocycles. The predicted molar refractivity (Wildman–Crippen MR) is 45.2 cm³/mol. The molecule has 1 heteroatoms. The maximum absolute atomic E-state index is 9.18. The fourth-order valence-electron chi connectivity index (χ4n) is 3.19. The van der Waals surface area contributed by atoms with E-state index in [0.29, 0.717) is 12.5 Å². The van der Waals surface area contributed by atoms with E-state index in [4.69, 9.17) is 0 Å². The summed E-state index contributed by atoms with van der Waals surface area (Å²) in [4.78, 5) is 0. The predicted octanol–water partition coefficient (Wildman–Crippen LogP) is 2.05. The molecule has 0 aromatic rings. The summed E-state index contributed by atoms with van der Waals surface area (Å²) in [5.74, 6) is 3.24. The summed E-state index contributed by atoms with van der Waals surface area (Å²) < 4.78 is 0. The number of aliphatic hydroxyl groups is 1. The lowest BCUT2D eigenvalue weighted by Crippen LogP contribution is -2.40. The summed E-state index contributed by atoms with van der Waals surface area (Å²) in [6, 6.07) is 0. The van der Waals surface area contributed by atoms with Gasteiger partial charge in [-0.25, -0.2) is 0 Å². The van der Waals surface area contributed by atoms with Crippen LogP contribution in [0.3, 0.4) is 0 Å². The molecular weight excluding hydrogens is 136 g/mol. The molecule has 0 radical (unpaired) electrons. The van der Waals surface area contributed by atoms with Crippen molar-refractivity contribution >= 4 is 0 Å². The first-order valence-electron chi connectivity index (χ1n) is 4.93. The van der Waals surface area contributed by atoms with Crippen LogP contribution in [0.2, 0.25) is 0 Å². The Morgan fingerprint density at radius 3 is 2.00 bits per heavy atom. The second-order valence-corrected chi connectivity index (χ2v) is 4.38. The topological polar surface area (TPSA) is 20.2 Å². The van der Waals surface area contributed by atoms with Gasteiger partial charge in [0, 0.05) is 6.61 Å². The van der Waals surface area contributed by atoms with Crippen LogP contribution in [0.15, 0.2) is 0 Å². The van der Waals surface area contributed by atoms with E-state index in [9.17, 15) is 5.11 Å². The minimum Gasteiger partial charge on any atom is -0.396 e. The van der Waals surface area contributed by atoms with Crippen LogP contribution in [0, 0.1) is 23.7 Å². The van der Waals surface area contributed by atoms with Crippen LogP contribution >= 0.6 is 0 Å². The van der Waals surface area contributed by atoms with Gasteiger partial charge in [0.05, 0.1) is 0 Å². The van der Waals surface area contributed by atoms with Gasteiger partial charge < -0.3 is 5.11 Å². The van der Waals surface area contributed by atoms with Crippen molar-refractivity contribution in [2.45, 2.75) is 32.6 Å². The van der Waals surface area contributed by atoms with Crippen LogP contribution in [0.25, 0.3) is 0 Å². The van der Waals surface area contributed by atoms with Gasteiger partial charge in [0.2, 0.25) is 0 Å². The maximum Gasteiger partial charge on any atom is 0.0464 e. The van der Waals surface area contributed by atoms with E-state index in [1.807, 2.05) is 0 Å². The molecule has 0 unspecified atom stereocenters. The Labute approximate surface area is 68.8 Å². The van der Waals surface area contributed by atoms with E-state index in [-0.39, 0.29) is 0 Å². The second kappa shape index (κ2) is 2.78. The largest absolute Gasteiger partial charge is 0.396 e. The zero-order valence-electron chi connectivity index (χ0n) is 7.29. The molecule has 3 rings (SSSR count). The van der Waals surface area contributed by atoms with Crippen LogP contribution < -0.4 is 0 Å². The third kappa shape index (κ3) is 1.10. The van der Waals surface area contributed by atoms with Gasteiger partial charge in [0.15, 0.2) is 0 Å². The van der Waals surface area contributed by atoms with Gasteiger partial charge in [-0.05, 0) is 49.4 Å². The molecule has 3 fully saturated rings. The van der Waals surface area contributed by atoms with E-state index in [1.54, 1.807) is 0 Å². The first kappa shape index (κ1) is 7.60. The van der Waals surface area contributed by atoms with Gasteiger partial charge in [0.25, 0.3) is 0 Å². The Hall–Kier alpha value is -0.0400. The lowest BCUT2D eigenvalue weighted by molar-refractivity contribution is -0.000327. The number of hydrogen-bond acceptors (Lipinski definition) is 1. The molecule has 1 nitrogen and oxygen atoms in total. The Bertz CT molecular complexity index is 134. The smallest absolute Gasteiger partial charge is 0.0464 e. The molecule has 2 atom stereocenters. The van der Waals surface area contributed by atoms with Crippen LogP contribution in [0.5, 0.6) is 0 Å². The number of fused-ring (bicyclic) bond motifs is 3. The van der Waals surface area contributed by atoms with Crippen molar-refractivity contribution in [1.29, 1.82) is 0 Å². The minimum absolute atomic E-state index is 0.433. The third-order valence-corrected chi connectivity index (χ3v) is 4.05. The minimum atomic E-state index is 0.433. The maximum atomic E-state index is 9.18. The molecule has 2 bridgehead atoms. The van der Waals surface area contributed by atoms with Crippen LogP contribution in [-0.2, 0) is 0 Å². The van der Waals surface area contributed by atoms with Crippen molar-refractivity contribution in [1.82, 2.24) is 0 Å². The molecule has 64 valence electrons. The molecular formula is C10H18O. The lowest BCUT2D eigenvalue weighted by Gasteiger charge is -2.46. The molecule has 3 saturated carbocycles. The normalized spacial score (nSPS) is 49.6. The molecule has 0 heterocycles. The van der Waals surface area contributed by atoms with Crippen molar-refractivity contribution in [3.8, 4) is 0 Å². The fourth-order valence-corrected chi connectivity index (χ4v) is 3.19. The van der Waals surface area contributed by atoms with E-state index >= 15 is 0 Å². The van der Waals surface area contributed by atoms with Crippen LogP contribution in [0.1, 0.15) is 32.6 Å². The van der Waals surface area contributed by atoms with Crippen molar-refractivity contribution in [3.05, 3.63) is 0 Å². The SMILES string of the molecule is C[C@H]1C2CCC(CC2)[C@@H]1CO. The quantitative estimate of drug-likeness (QED) is 0.613. The molecule has 0 aromatic carbocycles. The summed E-state index contributed by atoms with van der Waals surface area (Å²) in [5.41, 5.74) is 0. The average molecular weight is 154 g/mol. The monoisotopic (exact) mass is 154 g/mol. The summed E-state index contributed by atoms with van der Waals surface area (Å²) in [5, 5.41) is 9.18. The fraction of sp³-hybridized carbons (Fsp3) is 1.00. The number of hydrogen-bond donors (Lipinski definition) is 1. The van der Waals surface area contributed by atoms with Gasteiger partial charge in [-0.3, -0.25) is 0 Å². The highest BCUT2D eigenvalue weighted by Gasteiger charge is 2.40.